The van der Waals surface area contributed by atoms with Crippen molar-refractivity contribution in [2.24, 2.45) is 0 Å². The van der Waals surface area contributed by atoms with Crippen LogP contribution in [0.15, 0.2) is 28.9 Å². The molecule has 0 saturated heterocycles. The topological polar surface area (TPSA) is 57.5 Å². The number of benzene rings is 1. The average molecular weight is 374 g/mol. The van der Waals surface area contributed by atoms with Gasteiger partial charge >= 0.3 is 0 Å². The van der Waals surface area contributed by atoms with Crippen LogP contribution in [0.4, 0.5) is 5.69 Å². The number of carbonyl (C=O) groups is 1. The lowest BCUT2D eigenvalue weighted by molar-refractivity contribution is 0.0773. The molecule has 26 heavy (non-hydrogen) atoms. The minimum absolute atomic E-state index is 0.118. The molecule has 1 aliphatic carbocycles. The number of hydrogen-bond donors (Lipinski definition) is 2. The Kier molecular flexibility index (Phi) is 4.14. The number of hydrogen-bond acceptors (Lipinski definition) is 4. The van der Waals surface area contributed by atoms with E-state index in [-0.39, 0.29) is 11.4 Å². The summed E-state index contributed by atoms with van der Waals surface area (Å²) < 4.78 is 6.11. The highest BCUT2D eigenvalue weighted by molar-refractivity contribution is 6.34. The molecular weight excluding hydrogens is 350 g/mol. The van der Waals surface area contributed by atoms with Crippen molar-refractivity contribution in [1.82, 2.24) is 10.2 Å². The molecule has 1 fully saturated rings. The van der Waals surface area contributed by atoms with Gasteiger partial charge in [0.05, 0.1) is 22.1 Å². The number of halogens is 1. The zero-order valence-corrected chi connectivity index (χ0v) is 16.0. The van der Waals surface area contributed by atoms with Crippen LogP contribution >= 0.6 is 11.6 Å². The second-order valence-electron chi connectivity index (χ2n) is 7.33. The Labute approximate surface area is 158 Å². The van der Waals surface area contributed by atoms with E-state index < -0.39 is 0 Å². The van der Waals surface area contributed by atoms with Gasteiger partial charge in [0, 0.05) is 24.5 Å². The molecule has 2 aliphatic rings. The lowest BCUT2D eigenvalue weighted by Gasteiger charge is -2.44. The Morgan fingerprint density at radius 3 is 2.77 bits per heavy atom. The van der Waals surface area contributed by atoms with E-state index in [0.29, 0.717) is 17.3 Å². The first-order chi connectivity index (χ1) is 12.4. The Balaban J connectivity index is 1.94. The number of rotatable bonds is 2. The van der Waals surface area contributed by atoms with E-state index >= 15 is 0 Å². The van der Waals surface area contributed by atoms with E-state index in [1.165, 1.54) is 6.42 Å². The maximum absolute atomic E-state index is 12.6. The molecule has 1 aromatic carbocycles. The first-order valence-corrected chi connectivity index (χ1v) is 9.59. The minimum atomic E-state index is -0.242. The predicted octanol–water partition coefficient (Wildman–Crippen LogP) is 4.82. The monoisotopic (exact) mass is 373 g/mol. The number of nitrogens with zero attached hydrogens (tertiary/aromatic N) is 1. The first-order valence-electron chi connectivity index (χ1n) is 9.21. The molecule has 0 unspecified atom stereocenters. The highest BCUT2D eigenvalue weighted by atomic mass is 35.5. The molecule has 138 valence electrons. The highest BCUT2D eigenvalue weighted by Gasteiger charge is 2.42. The largest absolute Gasteiger partial charge is 0.450 e. The van der Waals surface area contributed by atoms with Gasteiger partial charge in [0.1, 0.15) is 5.58 Å². The number of nitrogens with one attached hydrogen (secondary N) is 2. The maximum atomic E-state index is 12.6. The second-order valence-corrected chi connectivity index (χ2v) is 7.74. The molecular formula is C20H24ClN3O2. The summed E-state index contributed by atoms with van der Waals surface area (Å²) in [6.45, 7) is 6.65. The fourth-order valence-electron chi connectivity index (χ4n) is 4.23. The maximum Gasteiger partial charge on any atom is 0.289 e. The third kappa shape index (κ3) is 2.57. The van der Waals surface area contributed by atoms with Gasteiger partial charge in [-0.3, -0.25) is 4.79 Å². The lowest BCUT2D eigenvalue weighted by atomic mass is 9.74. The van der Waals surface area contributed by atoms with E-state index in [4.69, 9.17) is 16.0 Å². The molecule has 2 heterocycles. The van der Waals surface area contributed by atoms with Crippen LogP contribution in [0.2, 0.25) is 5.02 Å². The fraction of sp³-hybridized carbons (Fsp3) is 0.450. The Morgan fingerprint density at radius 2 is 2.08 bits per heavy atom. The van der Waals surface area contributed by atoms with Gasteiger partial charge in [-0.2, -0.15) is 0 Å². The van der Waals surface area contributed by atoms with Crippen LogP contribution in [0.3, 0.4) is 0 Å². The molecule has 6 heteroatoms. The van der Waals surface area contributed by atoms with E-state index in [9.17, 15) is 4.79 Å². The zero-order valence-electron chi connectivity index (χ0n) is 15.2. The van der Waals surface area contributed by atoms with Crippen LogP contribution in [-0.2, 0) is 5.54 Å². The van der Waals surface area contributed by atoms with Crippen molar-refractivity contribution in [3.05, 3.63) is 40.9 Å². The molecule has 1 spiro atoms. The van der Waals surface area contributed by atoms with Gasteiger partial charge in [-0.05, 0) is 31.9 Å². The molecule has 1 saturated carbocycles. The van der Waals surface area contributed by atoms with Gasteiger partial charge in [0.25, 0.3) is 5.91 Å². The fourth-order valence-corrected chi connectivity index (χ4v) is 4.49. The van der Waals surface area contributed by atoms with Crippen molar-refractivity contribution < 1.29 is 9.21 Å². The van der Waals surface area contributed by atoms with Gasteiger partial charge in [0.2, 0.25) is 0 Å². The van der Waals surface area contributed by atoms with Crippen LogP contribution in [-0.4, -0.2) is 24.4 Å². The quantitative estimate of drug-likeness (QED) is 0.792. The van der Waals surface area contributed by atoms with Crippen LogP contribution < -0.4 is 10.6 Å². The van der Waals surface area contributed by atoms with Crippen LogP contribution in [0.5, 0.6) is 0 Å². The van der Waals surface area contributed by atoms with Gasteiger partial charge in [0.15, 0.2) is 5.76 Å². The second kappa shape index (κ2) is 6.23. The molecule has 2 N–H and O–H groups in total. The normalized spacial score (nSPS) is 18.3. The average Bonchev–Trinajstić information content (AvgIpc) is 3.04. The molecule has 5 nitrogen and oxygen atoms in total. The molecule has 0 atom stereocenters. The SMILES string of the molecule is C=C1Nc2c(Cl)cc3cc(C(=O)N(C)CC)oc3c2C2(CCCCC2)N1. The van der Waals surface area contributed by atoms with Crippen LogP contribution in [0, 0.1) is 0 Å². The summed E-state index contributed by atoms with van der Waals surface area (Å²) in [5, 5.41) is 8.32. The van der Waals surface area contributed by atoms with Crippen molar-refractivity contribution in [3.8, 4) is 0 Å². The smallest absolute Gasteiger partial charge is 0.289 e. The highest BCUT2D eigenvalue weighted by Crippen LogP contribution is 2.49. The number of furan rings is 1. The summed E-state index contributed by atoms with van der Waals surface area (Å²) in [6, 6.07) is 3.67. The summed E-state index contributed by atoms with van der Waals surface area (Å²) in [4.78, 5) is 14.2. The van der Waals surface area contributed by atoms with Crippen molar-refractivity contribution in [1.29, 1.82) is 0 Å². The van der Waals surface area contributed by atoms with E-state index in [1.807, 2.05) is 13.0 Å². The first kappa shape index (κ1) is 17.3. The number of fused-ring (bicyclic) bond motifs is 4. The molecule has 4 rings (SSSR count). The Bertz CT molecular complexity index is 896. The van der Waals surface area contributed by atoms with Gasteiger partial charge in [-0.1, -0.05) is 37.4 Å². The summed E-state index contributed by atoms with van der Waals surface area (Å²) in [5.41, 5.74) is 2.38. The van der Waals surface area contributed by atoms with Crippen molar-refractivity contribution in [3.63, 3.8) is 0 Å². The van der Waals surface area contributed by atoms with Crippen molar-refractivity contribution in [2.45, 2.75) is 44.6 Å². The van der Waals surface area contributed by atoms with Crippen LogP contribution in [0.25, 0.3) is 11.0 Å². The predicted molar refractivity (Wildman–Crippen MR) is 105 cm³/mol. The third-order valence-corrected chi connectivity index (χ3v) is 5.94. The number of carbonyl (C=O) groups excluding carboxylic acids is 1. The Hall–Kier alpha value is -2.14. The Morgan fingerprint density at radius 1 is 1.35 bits per heavy atom. The molecule has 1 aliphatic heterocycles. The molecule has 1 aromatic heterocycles. The summed E-state index contributed by atoms with van der Waals surface area (Å²) in [6.07, 6.45) is 5.49. The number of anilines is 1. The van der Waals surface area contributed by atoms with Gasteiger partial charge in [-0.15, -0.1) is 0 Å². The summed E-state index contributed by atoms with van der Waals surface area (Å²) in [7, 11) is 1.77. The van der Waals surface area contributed by atoms with E-state index in [1.54, 1.807) is 18.0 Å². The van der Waals surface area contributed by atoms with Crippen LogP contribution in [0.1, 0.15) is 55.1 Å². The third-order valence-electron chi connectivity index (χ3n) is 5.64. The molecule has 0 radical (unpaired) electrons. The summed E-state index contributed by atoms with van der Waals surface area (Å²) >= 11 is 6.60. The van der Waals surface area contributed by atoms with E-state index in [0.717, 1.165) is 53.7 Å². The van der Waals surface area contributed by atoms with Crippen molar-refractivity contribution in [2.75, 3.05) is 18.9 Å². The van der Waals surface area contributed by atoms with E-state index in [2.05, 4.69) is 17.2 Å². The molecule has 1 amide bonds. The molecule has 2 aromatic rings. The minimum Gasteiger partial charge on any atom is -0.450 e. The summed E-state index contributed by atoms with van der Waals surface area (Å²) in [5.74, 6) is 0.991. The number of amides is 1. The standard InChI is InChI=1S/C20H24ClN3O2/c1-4-24(3)19(25)15-11-13-10-14(21)17-16(18(13)26-15)20(23-12(2)22-17)8-6-5-7-9-20/h10-11,22-23H,2,4-9H2,1,3H3. The lowest BCUT2D eigenvalue weighted by Crippen LogP contribution is -2.48. The van der Waals surface area contributed by atoms with Crippen molar-refractivity contribution >= 4 is 34.2 Å². The zero-order chi connectivity index (χ0) is 18.5. The van der Waals surface area contributed by atoms with Gasteiger partial charge in [-0.25, -0.2) is 0 Å². The van der Waals surface area contributed by atoms with Gasteiger partial charge < -0.3 is 20.0 Å². The molecule has 0 bridgehead atoms.